The van der Waals surface area contributed by atoms with Gasteiger partial charge < -0.3 is 4.74 Å². The summed E-state index contributed by atoms with van der Waals surface area (Å²) in [5, 5.41) is 1.09. The van der Waals surface area contributed by atoms with E-state index in [1.807, 2.05) is 6.07 Å². The second kappa shape index (κ2) is 6.52. The van der Waals surface area contributed by atoms with E-state index in [9.17, 15) is 13.2 Å². The van der Waals surface area contributed by atoms with Gasteiger partial charge in [-0.15, -0.1) is 0 Å². The van der Waals surface area contributed by atoms with Crippen molar-refractivity contribution in [1.82, 2.24) is 0 Å². The molecular formula is C25H15F3O. The van der Waals surface area contributed by atoms with Crippen molar-refractivity contribution in [2.75, 3.05) is 0 Å². The van der Waals surface area contributed by atoms with Gasteiger partial charge in [-0.25, -0.2) is 13.2 Å². The molecule has 4 aromatic rings. The van der Waals surface area contributed by atoms with E-state index < -0.39 is 5.60 Å². The van der Waals surface area contributed by atoms with Gasteiger partial charge in [0.05, 0.1) is 0 Å². The fourth-order valence-electron chi connectivity index (χ4n) is 3.84. The average molecular weight is 388 g/mol. The van der Waals surface area contributed by atoms with Crippen molar-refractivity contribution in [2.24, 2.45) is 0 Å². The minimum atomic E-state index is -1.10. The van der Waals surface area contributed by atoms with Gasteiger partial charge in [0, 0.05) is 27.5 Å². The molecule has 0 aliphatic carbocycles. The molecule has 0 bridgehead atoms. The molecular weight excluding hydrogens is 373 g/mol. The van der Waals surface area contributed by atoms with Gasteiger partial charge in [-0.3, -0.25) is 0 Å². The first-order chi connectivity index (χ1) is 14.1. The molecule has 4 aromatic carbocycles. The Bertz CT molecular complexity index is 1200. The van der Waals surface area contributed by atoms with Crippen molar-refractivity contribution in [3.05, 3.63) is 119 Å². The lowest BCUT2D eigenvalue weighted by atomic mass is 9.83. The fourth-order valence-corrected chi connectivity index (χ4v) is 3.84. The van der Waals surface area contributed by atoms with Crippen LogP contribution in [-0.2, 0) is 5.60 Å². The highest BCUT2D eigenvalue weighted by atomic mass is 19.1. The molecule has 29 heavy (non-hydrogen) atoms. The summed E-state index contributed by atoms with van der Waals surface area (Å²) in [5.74, 6) is -0.534. The minimum absolute atomic E-state index is 0.330. The summed E-state index contributed by atoms with van der Waals surface area (Å²) in [6.45, 7) is 0. The number of ether oxygens (including phenoxy) is 1. The van der Waals surface area contributed by atoms with Crippen LogP contribution in [0.4, 0.5) is 13.2 Å². The van der Waals surface area contributed by atoms with Gasteiger partial charge in [0.25, 0.3) is 0 Å². The predicted octanol–water partition coefficient (Wildman–Crippen LogP) is 6.61. The van der Waals surface area contributed by atoms with Crippen LogP contribution in [0, 0.1) is 17.5 Å². The second-order valence-electron chi connectivity index (χ2n) is 7.01. The molecule has 0 unspecified atom stereocenters. The van der Waals surface area contributed by atoms with Crippen molar-refractivity contribution in [1.29, 1.82) is 0 Å². The van der Waals surface area contributed by atoms with E-state index in [-0.39, 0.29) is 17.5 Å². The quantitative estimate of drug-likeness (QED) is 0.376. The monoisotopic (exact) mass is 388 g/mol. The van der Waals surface area contributed by atoms with Crippen molar-refractivity contribution >= 4 is 16.8 Å². The molecule has 142 valence electrons. The topological polar surface area (TPSA) is 9.23 Å². The lowest BCUT2D eigenvalue weighted by molar-refractivity contribution is 0.163. The summed E-state index contributed by atoms with van der Waals surface area (Å²) in [7, 11) is 0. The fraction of sp³-hybridized carbons (Fsp3) is 0.0400. The Kier molecular flexibility index (Phi) is 3.95. The maximum atomic E-state index is 14.5. The lowest BCUT2D eigenvalue weighted by Crippen LogP contribution is -2.34. The third kappa shape index (κ3) is 2.80. The third-order valence-corrected chi connectivity index (χ3v) is 5.28. The summed E-state index contributed by atoms with van der Waals surface area (Å²) in [4.78, 5) is 0. The van der Waals surface area contributed by atoms with Gasteiger partial charge >= 0.3 is 0 Å². The van der Waals surface area contributed by atoms with Crippen LogP contribution in [0.5, 0.6) is 5.75 Å². The predicted molar refractivity (Wildman–Crippen MR) is 107 cm³/mol. The minimum Gasteiger partial charge on any atom is -0.472 e. The first-order valence-electron chi connectivity index (χ1n) is 9.18. The average Bonchev–Trinajstić information content (AvgIpc) is 2.75. The summed E-state index contributed by atoms with van der Waals surface area (Å²) >= 11 is 0. The zero-order chi connectivity index (χ0) is 20.0. The van der Waals surface area contributed by atoms with Crippen molar-refractivity contribution < 1.29 is 17.9 Å². The number of hydrogen-bond acceptors (Lipinski definition) is 1. The van der Waals surface area contributed by atoms with E-state index in [2.05, 4.69) is 0 Å². The molecule has 0 fully saturated rings. The van der Waals surface area contributed by atoms with Crippen LogP contribution in [0.25, 0.3) is 16.8 Å². The highest BCUT2D eigenvalue weighted by molar-refractivity contribution is 5.93. The summed E-state index contributed by atoms with van der Waals surface area (Å²) in [6.07, 6.45) is 3.59. The molecule has 0 atom stereocenters. The van der Waals surface area contributed by atoms with Gasteiger partial charge in [-0.1, -0.05) is 54.6 Å². The maximum absolute atomic E-state index is 14.5. The number of fused-ring (bicyclic) bond motifs is 3. The van der Waals surface area contributed by atoms with Gasteiger partial charge in [-0.2, -0.15) is 0 Å². The van der Waals surface area contributed by atoms with Crippen molar-refractivity contribution in [3.63, 3.8) is 0 Å². The standard InChI is InChI=1S/C25H15F3O/c26-19-9-5-17(6-10-19)25(18-7-11-20(27)12-8-18)14-13-16-15-23(28)21-3-1-2-4-22(21)24(16)29-25/h1-15H. The van der Waals surface area contributed by atoms with Crippen molar-refractivity contribution in [3.8, 4) is 5.75 Å². The molecule has 1 nitrogen and oxygen atoms in total. The van der Waals surface area contributed by atoms with Crippen LogP contribution >= 0.6 is 0 Å². The first-order valence-corrected chi connectivity index (χ1v) is 9.18. The first kappa shape index (κ1) is 17.6. The molecule has 0 amide bonds. The molecule has 0 spiro atoms. The summed E-state index contributed by atoms with van der Waals surface area (Å²) < 4.78 is 48.2. The molecule has 0 radical (unpaired) electrons. The van der Waals surface area contributed by atoms with Gasteiger partial charge in [0.1, 0.15) is 23.2 Å². The molecule has 0 saturated carbocycles. The molecule has 0 aromatic heterocycles. The lowest BCUT2D eigenvalue weighted by Gasteiger charge is -2.36. The van der Waals surface area contributed by atoms with Crippen LogP contribution < -0.4 is 4.74 Å². The van der Waals surface area contributed by atoms with E-state index in [4.69, 9.17) is 4.74 Å². The van der Waals surface area contributed by atoms with E-state index in [1.165, 1.54) is 30.3 Å². The van der Waals surface area contributed by atoms with E-state index >= 15 is 0 Å². The van der Waals surface area contributed by atoms with Gasteiger partial charge in [0.2, 0.25) is 0 Å². The second-order valence-corrected chi connectivity index (χ2v) is 7.01. The Morgan fingerprint density at radius 3 is 1.79 bits per heavy atom. The Balaban J connectivity index is 1.78. The van der Waals surface area contributed by atoms with Crippen LogP contribution in [0.2, 0.25) is 0 Å². The largest absolute Gasteiger partial charge is 0.472 e. The molecule has 1 aliphatic rings. The maximum Gasteiger partial charge on any atom is 0.178 e. The summed E-state index contributed by atoms with van der Waals surface area (Å²) in [5.41, 5.74) is 0.873. The van der Waals surface area contributed by atoms with Crippen LogP contribution in [0.3, 0.4) is 0 Å². The van der Waals surface area contributed by atoms with Gasteiger partial charge in [-0.05, 0) is 36.4 Å². The zero-order valence-corrected chi connectivity index (χ0v) is 15.2. The highest BCUT2D eigenvalue weighted by Gasteiger charge is 2.38. The van der Waals surface area contributed by atoms with Crippen LogP contribution in [-0.4, -0.2) is 0 Å². The Labute approximate surface area is 165 Å². The van der Waals surface area contributed by atoms with Crippen LogP contribution in [0.1, 0.15) is 16.7 Å². The molecule has 4 heteroatoms. The van der Waals surface area contributed by atoms with E-state index in [0.29, 0.717) is 33.2 Å². The molecule has 5 rings (SSSR count). The van der Waals surface area contributed by atoms with Crippen LogP contribution in [0.15, 0.2) is 84.9 Å². The number of halogens is 3. The van der Waals surface area contributed by atoms with E-state index in [0.717, 1.165) is 0 Å². The van der Waals surface area contributed by atoms with E-state index in [1.54, 1.807) is 54.6 Å². The third-order valence-electron chi connectivity index (χ3n) is 5.28. The molecule has 1 heterocycles. The van der Waals surface area contributed by atoms with Gasteiger partial charge in [0.15, 0.2) is 5.60 Å². The van der Waals surface area contributed by atoms with Crippen molar-refractivity contribution in [2.45, 2.75) is 5.60 Å². The molecule has 0 saturated heterocycles. The summed E-state index contributed by atoms with van der Waals surface area (Å²) in [6, 6.07) is 20.5. The number of benzene rings is 4. The smallest absolute Gasteiger partial charge is 0.178 e. The Hall–Kier alpha value is -3.53. The SMILES string of the molecule is Fc1ccc(C2(c3ccc(F)cc3)C=Cc3cc(F)c4ccccc4c3O2)cc1. The number of hydrogen-bond donors (Lipinski definition) is 0. The zero-order valence-electron chi connectivity index (χ0n) is 15.2. The molecule has 1 aliphatic heterocycles. The Morgan fingerprint density at radius 2 is 1.21 bits per heavy atom. The Morgan fingerprint density at radius 1 is 0.655 bits per heavy atom. The molecule has 0 N–H and O–H groups in total. The number of rotatable bonds is 2. The highest BCUT2D eigenvalue weighted by Crippen LogP contribution is 2.45. The normalized spacial score (nSPS) is 14.4.